The Balaban J connectivity index is 4.28. The Bertz CT molecular complexity index is 1040. The molecule has 0 spiro atoms. The second kappa shape index (κ2) is 44.4. The Hall–Kier alpha value is -2.67. The molecule has 0 aromatic heterocycles. The molecule has 4 N–H and O–H groups in total. The van der Waals surface area contributed by atoms with E-state index < -0.39 is 12.0 Å². The molecule has 0 aliphatic rings. The van der Waals surface area contributed by atoms with Crippen molar-refractivity contribution < 1.29 is 24.2 Å². The predicted octanol–water partition coefficient (Wildman–Crippen LogP) is 14.0. The van der Waals surface area contributed by atoms with Crippen LogP contribution in [0.2, 0.25) is 0 Å². The first-order valence-electron chi connectivity index (χ1n) is 24.0. The Labute approximate surface area is 351 Å². The molecule has 57 heavy (non-hydrogen) atoms. The molecule has 0 bridgehead atoms. The van der Waals surface area contributed by atoms with E-state index in [1.165, 1.54) is 116 Å². The molecule has 0 saturated heterocycles. The van der Waals surface area contributed by atoms with Crippen molar-refractivity contribution in [3.8, 4) is 0 Å². The molecule has 1 amide bonds. The number of nitrogens with two attached hydrogens (primary N) is 1. The molecule has 0 rings (SSSR count). The van der Waals surface area contributed by atoms with Crippen LogP contribution in [0.4, 0.5) is 0 Å². The fourth-order valence-electron chi connectivity index (χ4n) is 7.07. The molecule has 0 saturated carbocycles. The summed E-state index contributed by atoms with van der Waals surface area (Å²) in [5, 5.41) is 11.9. The number of allylic oxidation sites excluding steroid dienone is 7. The van der Waals surface area contributed by atoms with Crippen LogP contribution in [-0.4, -0.2) is 41.6 Å². The van der Waals surface area contributed by atoms with Crippen LogP contribution in [0.25, 0.3) is 0 Å². The molecule has 0 heterocycles. The van der Waals surface area contributed by atoms with Crippen LogP contribution in [0, 0.1) is 0 Å². The fourth-order valence-corrected chi connectivity index (χ4v) is 7.07. The van der Waals surface area contributed by atoms with Crippen molar-refractivity contribution in [3.05, 3.63) is 48.6 Å². The van der Waals surface area contributed by atoms with Gasteiger partial charge in [0, 0.05) is 12.8 Å². The van der Waals surface area contributed by atoms with Gasteiger partial charge in [-0.25, -0.2) is 4.79 Å². The summed E-state index contributed by atoms with van der Waals surface area (Å²) in [5.74, 6) is -1.32. The molecule has 0 fully saturated rings. The molecule has 7 heteroatoms. The number of hydrogen-bond acceptors (Lipinski definition) is 5. The van der Waals surface area contributed by atoms with E-state index in [-0.39, 0.29) is 18.0 Å². The van der Waals surface area contributed by atoms with Gasteiger partial charge in [0.05, 0.1) is 0 Å². The second-order valence-corrected chi connectivity index (χ2v) is 16.1. The monoisotopic (exact) mass is 799 g/mol. The maximum Gasteiger partial charge on any atom is 0.326 e. The first kappa shape index (κ1) is 54.3. The number of aliphatic carboxylic acids is 1. The van der Waals surface area contributed by atoms with Crippen LogP contribution in [-0.2, 0) is 19.1 Å². The minimum Gasteiger partial charge on any atom is -0.480 e. The normalized spacial score (nSPS) is 13.0. The van der Waals surface area contributed by atoms with Gasteiger partial charge in [-0.05, 0) is 76.8 Å². The summed E-state index contributed by atoms with van der Waals surface area (Å²) >= 11 is 0. The third-order valence-electron chi connectivity index (χ3n) is 10.6. The lowest BCUT2D eigenvalue weighted by Crippen LogP contribution is -2.40. The van der Waals surface area contributed by atoms with E-state index in [1.54, 1.807) is 0 Å². The molecular weight excluding hydrogens is 709 g/mol. The highest BCUT2D eigenvalue weighted by atomic mass is 16.5. The van der Waals surface area contributed by atoms with E-state index in [1.807, 2.05) is 0 Å². The number of carbonyl (C=O) groups excluding carboxylic acids is 2. The maximum absolute atomic E-state index is 12.8. The molecule has 0 aromatic rings. The lowest BCUT2D eigenvalue weighted by atomic mass is 10.0. The van der Waals surface area contributed by atoms with Gasteiger partial charge >= 0.3 is 11.9 Å². The Morgan fingerprint density at radius 1 is 0.526 bits per heavy atom. The molecule has 330 valence electrons. The zero-order valence-electron chi connectivity index (χ0n) is 37.2. The summed E-state index contributed by atoms with van der Waals surface area (Å²) in [6.07, 6.45) is 54.8. The van der Waals surface area contributed by atoms with Crippen LogP contribution < -0.4 is 11.1 Å². The van der Waals surface area contributed by atoms with Crippen molar-refractivity contribution in [1.82, 2.24) is 5.32 Å². The largest absolute Gasteiger partial charge is 0.480 e. The summed E-state index contributed by atoms with van der Waals surface area (Å²) in [7, 11) is 0. The quantitative estimate of drug-likeness (QED) is 0.0321. The number of amides is 1. The number of esters is 1. The van der Waals surface area contributed by atoms with Gasteiger partial charge in [-0.3, -0.25) is 9.59 Å². The van der Waals surface area contributed by atoms with Crippen LogP contribution in [0.15, 0.2) is 48.6 Å². The van der Waals surface area contributed by atoms with Gasteiger partial charge in [0.15, 0.2) is 0 Å². The van der Waals surface area contributed by atoms with Gasteiger partial charge in [-0.2, -0.15) is 0 Å². The van der Waals surface area contributed by atoms with Gasteiger partial charge in [-0.1, -0.05) is 198 Å². The summed E-state index contributed by atoms with van der Waals surface area (Å²) in [5.41, 5.74) is 5.49. The van der Waals surface area contributed by atoms with Crippen molar-refractivity contribution in [3.63, 3.8) is 0 Å². The highest BCUT2D eigenvalue weighted by Gasteiger charge is 2.19. The van der Waals surface area contributed by atoms with Crippen LogP contribution in [0.5, 0.6) is 0 Å². The number of nitrogens with one attached hydrogen (secondary N) is 1. The van der Waals surface area contributed by atoms with E-state index in [9.17, 15) is 19.5 Å². The van der Waals surface area contributed by atoms with Crippen LogP contribution in [0.1, 0.15) is 232 Å². The number of rotatable bonds is 43. The molecule has 0 aliphatic carbocycles. The van der Waals surface area contributed by atoms with Crippen molar-refractivity contribution in [2.24, 2.45) is 5.73 Å². The molecule has 2 unspecified atom stereocenters. The van der Waals surface area contributed by atoms with Crippen molar-refractivity contribution in [1.29, 1.82) is 0 Å². The van der Waals surface area contributed by atoms with E-state index in [4.69, 9.17) is 10.5 Å². The Morgan fingerprint density at radius 2 is 0.947 bits per heavy atom. The molecular formula is C50H90N2O5. The lowest BCUT2D eigenvalue weighted by Gasteiger charge is -2.15. The number of hydrogen-bond donors (Lipinski definition) is 3. The maximum atomic E-state index is 12.8. The number of carbonyl (C=O) groups is 3. The van der Waals surface area contributed by atoms with E-state index >= 15 is 0 Å². The number of unbranched alkanes of at least 4 members (excludes halogenated alkanes) is 23. The summed E-state index contributed by atoms with van der Waals surface area (Å²) in [6, 6.07) is -0.868. The third-order valence-corrected chi connectivity index (χ3v) is 10.6. The van der Waals surface area contributed by atoms with Gasteiger partial charge in [0.2, 0.25) is 5.91 Å². The first-order valence-corrected chi connectivity index (χ1v) is 24.0. The summed E-state index contributed by atoms with van der Waals surface area (Å²) in [4.78, 5) is 36.4. The lowest BCUT2D eigenvalue weighted by molar-refractivity contribution is -0.147. The highest BCUT2D eigenvalue weighted by molar-refractivity contribution is 5.83. The predicted molar refractivity (Wildman–Crippen MR) is 243 cm³/mol. The molecule has 0 aromatic carbocycles. The van der Waals surface area contributed by atoms with Gasteiger partial charge in [-0.15, -0.1) is 0 Å². The molecule has 7 nitrogen and oxygen atoms in total. The Kier molecular flexibility index (Phi) is 42.4. The highest BCUT2D eigenvalue weighted by Crippen LogP contribution is 2.17. The molecule has 0 aliphatic heterocycles. The van der Waals surface area contributed by atoms with Gasteiger partial charge in [0.1, 0.15) is 12.1 Å². The minimum atomic E-state index is -1.01. The Morgan fingerprint density at radius 3 is 1.40 bits per heavy atom. The van der Waals surface area contributed by atoms with E-state index in [0.29, 0.717) is 32.2 Å². The average Bonchev–Trinajstić information content (AvgIpc) is 3.20. The summed E-state index contributed by atoms with van der Waals surface area (Å²) < 4.78 is 5.95. The number of ether oxygens (including phenoxy) is 1. The fraction of sp³-hybridized carbons (Fsp3) is 0.780. The molecule has 0 radical (unpaired) electrons. The average molecular weight is 799 g/mol. The zero-order valence-corrected chi connectivity index (χ0v) is 37.2. The van der Waals surface area contributed by atoms with Crippen LogP contribution >= 0.6 is 0 Å². The summed E-state index contributed by atoms with van der Waals surface area (Å²) in [6.45, 7) is 4.84. The van der Waals surface area contributed by atoms with Crippen molar-refractivity contribution >= 4 is 17.8 Å². The standard InChI is InChI=1S/C50H90N2O5/c1-3-5-7-9-11-13-15-16-17-18-19-20-21-22-23-25-27-29-34-38-44-49(54)57-46(40-35-31-28-26-24-14-12-10-8-6-4-2)41-36-32-30-33-37-43-48(53)52-47(50(55)56)42-39-45-51/h6,8,12,14,26,28,35,40,46-47H,3-5,7,9-11,13,15-25,27,29-34,36-39,41-45,51H2,1-2H3,(H,52,53)(H,55,56)/b8-6-,14-12-,28-26-,40-35-. The topological polar surface area (TPSA) is 119 Å². The van der Waals surface area contributed by atoms with Gasteiger partial charge in [0.25, 0.3) is 0 Å². The number of carboxylic acids is 1. The third kappa shape index (κ3) is 41.3. The minimum absolute atomic E-state index is 0.0954. The van der Waals surface area contributed by atoms with Crippen molar-refractivity contribution in [2.45, 2.75) is 244 Å². The molecule has 2 atom stereocenters. The van der Waals surface area contributed by atoms with Gasteiger partial charge < -0.3 is 20.9 Å². The van der Waals surface area contributed by atoms with Crippen molar-refractivity contribution in [2.75, 3.05) is 6.54 Å². The smallest absolute Gasteiger partial charge is 0.326 e. The van der Waals surface area contributed by atoms with E-state index in [0.717, 1.165) is 77.0 Å². The van der Waals surface area contributed by atoms with E-state index in [2.05, 4.69) is 67.8 Å². The number of carboxylic acid groups (broad SMARTS) is 1. The van der Waals surface area contributed by atoms with Crippen LogP contribution in [0.3, 0.4) is 0 Å². The second-order valence-electron chi connectivity index (χ2n) is 16.1. The SMILES string of the molecule is CC/C=C\C/C=C\C/C=C\C/C=C\C(CCCCCCCC(=O)NC(CCCN)C(=O)O)OC(=O)CCCCCCCCCCCCCCCCCCCCCC. The first-order chi connectivity index (χ1) is 27.9. The zero-order chi connectivity index (χ0) is 41.7.